The lowest BCUT2D eigenvalue weighted by Crippen LogP contribution is -2.43. The third-order valence-corrected chi connectivity index (χ3v) is 5.47. The predicted octanol–water partition coefficient (Wildman–Crippen LogP) is 0.0261. The van der Waals surface area contributed by atoms with Gasteiger partial charge in [-0.2, -0.15) is 0 Å². The molecule has 0 aliphatic carbocycles. The molecular weight excluding hydrogens is 356 g/mol. The summed E-state index contributed by atoms with van der Waals surface area (Å²) in [5.74, 6) is -0.805. The highest BCUT2D eigenvalue weighted by molar-refractivity contribution is 8.14. The Hall–Kier alpha value is -1.87. The lowest BCUT2D eigenvalue weighted by molar-refractivity contribution is -0.135. The van der Waals surface area contributed by atoms with Crippen molar-refractivity contribution < 1.29 is 19.1 Å². The van der Waals surface area contributed by atoms with Crippen molar-refractivity contribution in [1.29, 1.82) is 0 Å². The number of hydrogen-bond donors (Lipinski definition) is 1. The third-order valence-electron chi connectivity index (χ3n) is 4.47. The van der Waals surface area contributed by atoms with Crippen LogP contribution >= 0.6 is 11.8 Å². The molecule has 2 fully saturated rings. The van der Waals surface area contributed by atoms with Crippen LogP contribution in [0.1, 0.15) is 19.8 Å². The van der Waals surface area contributed by atoms with Gasteiger partial charge in [-0.05, 0) is 19.9 Å². The number of amidine groups is 1. The van der Waals surface area contributed by atoms with Crippen molar-refractivity contribution in [3.63, 3.8) is 0 Å². The van der Waals surface area contributed by atoms with Crippen LogP contribution in [0.2, 0.25) is 0 Å². The van der Waals surface area contributed by atoms with Crippen molar-refractivity contribution in [3.05, 3.63) is 12.7 Å². The fourth-order valence-corrected chi connectivity index (χ4v) is 4.34. The van der Waals surface area contributed by atoms with Crippen LogP contribution in [0.4, 0.5) is 0 Å². The monoisotopic (exact) mass is 382 g/mol. The van der Waals surface area contributed by atoms with Crippen LogP contribution in [0.3, 0.4) is 0 Å². The van der Waals surface area contributed by atoms with Crippen molar-refractivity contribution in [1.82, 2.24) is 9.80 Å². The molecule has 26 heavy (non-hydrogen) atoms. The fraction of sp³-hybridized carbons (Fsp3) is 0.647. The Balaban J connectivity index is 1.89. The van der Waals surface area contributed by atoms with E-state index >= 15 is 0 Å². The highest BCUT2D eigenvalue weighted by Gasteiger charge is 2.39. The maximum atomic E-state index is 12.8. The summed E-state index contributed by atoms with van der Waals surface area (Å²) < 4.78 is 4.85. The summed E-state index contributed by atoms with van der Waals surface area (Å²) in [6.45, 7) is 6.83. The lowest BCUT2D eigenvalue weighted by atomic mass is 10.2. The maximum absolute atomic E-state index is 12.8. The van der Waals surface area contributed by atoms with Gasteiger partial charge in [-0.1, -0.05) is 24.4 Å². The average Bonchev–Trinajstić information content (AvgIpc) is 3.18. The van der Waals surface area contributed by atoms with E-state index in [4.69, 9.17) is 10.5 Å². The van der Waals surface area contributed by atoms with Crippen molar-refractivity contribution in [2.75, 3.05) is 33.3 Å². The SMILES string of the molecule is C=CCOC(=O)C(N)=N[C@H]1CCN(C(=O)[C@@H]2C[C@H](SC(C)=O)CN2C)C1. The topological polar surface area (TPSA) is 105 Å². The molecule has 2 aliphatic heterocycles. The molecular formula is C17H26N4O4S. The van der Waals surface area contributed by atoms with Gasteiger partial charge in [-0.25, -0.2) is 4.79 Å². The van der Waals surface area contributed by atoms with Crippen LogP contribution < -0.4 is 5.73 Å². The number of esters is 1. The molecule has 3 atom stereocenters. The molecule has 0 aromatic heterocycles. The van der Waals surface area contributed by atoms with E-state index in [1.54, 1.807) is 11.8 Å². The summed E-state index contributed by atoms with van der Waals surface area (Å²) in [6, 6.07) is -0.422. The zero-order chi connectivity index (χ0) is 19.3. The maximum Gasteiger partial charge on any atom is 0.373 e. The van der Waals surface area contributed by atoms with Crippen LogP contribution in [-0.2, 0) is 19.1 Å². The van der Waals surface area contributed by atoms with E-state index in [1.807, 2.05) is 11.9 Å². The van der Waals surface area contributed by atoms with E-state index in [-0.39, 0.29) is 40.8 Å². The predicted molar refractivity (Wildman–Crippen MR) is 101 cm³/mol. The average molecular weight is 382 g/mol. The second-order valence-corrected chi connectivity index (χ2v) is 8.03. The fourth-order valence-electron chi connectivity index (χ4n) is 3.28. The molecule has 1 amide bonds. The van der Waals surface area contributed by atoms with Gasteiger partial charge >= 0.3 is 5.97 Å². The standard InChI is InChI=1S/C17H26N4O4S/c1-4-7-25-17(24)15(18)19-12-5-6-21(9-12)16(23)14-8-13(10-20(14)3)26-11(2)22/h4,12-14H,1,5-10H2,2-3H3,(H2,18,19)/t12-,13-,14-/m0/s1. The summed E-state index contributed by atoms with van der Waals surface area (Å²) in [5.41, 5.74) is 5.66. The molecule has 8 nitrogen and oxygen atoms in total. The van der Waals surface area contributed by atoms with Crippen molar-refractivity contribution in [2.24, 2.45) is 10.7 Å². The van der Waals surface area contributed by atoms with Gasteiger partial charge in [-0.3, -0.25) is 19.5 Å². The number of carbonyl (C=O) groups is 3. The number of ether oxygens (including phenoxy) is 1. The van der Waals surface area contributed by atoms with Crippen LogP contribution in [-0.4, -0.2) is 83.2 Å². The van der Waals surface area contributed by atoms with E-state index in [9.17, 15) is 14.4 Å². The smallest absolute Gasteiger partial charge is 0.373 e. The van der Waals surface area contributed by atoms with Gasteiger partial charge in [0.05, 0.1) is 12.1 Å². The van der Waals surface area contributed by atoms with Gasteiger partial charge in [-0.15, -0.1) is 0 Å². The molecule has 0 unspecified atom stereocenters. The first kappa shape index (κ1) is 20.4. The molecule has 144 valence electrons. The molecule has 0 bridgehead atoms. The Bertz CT molecular complexity index is 610. The minimum Gasteiger partial charge on any atom is -0.456 e. The van der Waals surface area contributed by atoms with Gasteiger partial charge in [0.15, 0.2) is 5.12 Å². The van der Waals surface area contributed by atoms with Gasteiger partial charge in [0.2, 0.25) is 11.7 Å². The molecule has 2 rings (SSSR count). The summed E-state index contributed by atoms with van der Waals surface area (Å²) >= 11 is 1.30. The second-order valence-electron chi connectivity index (χ2n) is 6.55. The molecule has 0 radical (unpaired) electrons. The molecule has 0 aromatic rings. The number of amides is 1. The second kappa shape index (κ2) is 9.18. The Kier molecular flexibility index (Phi) is 7.22. The molecule has 0 spiro atoms. The summed E-state index contributed by atoms with van der Waals surface area (Å²) in [4.78, 5) is 43.7. The number of nitrogens with zero attached hydrogens (tertiary/aromatic N) is 3. The molecule has 2 saturated heterocycles. The molecule has 2 aliphatic rings. The highest BCUT2D eigenvalue weighted by Crippen LogP contribution is 2.29. The Labute approximate surface area is 157 Å². The number of aliphatic imine (C=N–C) groups is 1. The van der Waals surface area contributed by atoms with E-state index in [0.29, 0.717) is 25.9 Å². The highest BCUT2D eigenvalue weighted by atomic mass is 32.2. The Morgan fingerprint density at radius 1 is 1.38 bits per heavy atom. The first-order valence-electron chi connectivity index (χ1n) is 8.59. The van der Waals surface area contributed by atoms with Gasteiger partial charge in [0, 0.05) is 31.8 Å². The van der Waals surface area contributed by atoms with Gasteiger partial charge < -0.3 is 15.4 Å². The number of rotatable bonds is 5. The zero-order valence-corrected chi connectivity index (χ0v) is 16.0. The number of nitrogens with two attached hydrogens (primary N) is 1. The van der Waals surface area contributed by atoms with Crippen LogP contribution in [0, 0.1) is 0 Å². The van der Waals surface area contributed by atoms with Crippen LogP contribution in [0.15, 0.2) is 17.6 Å². The first-order valence-corrected chi connectivity index (χ1v) is 9.47. The molecule has 0 saturated carbocycles. The largest absolute Gasteiger partial charge is 0.456 e. The van der Waals surface area contributed by atoms with E-state index < -0.39 is 5.97 Å². The van der Waals surface area contributed by atoms with Gasteiger partial charge in [0.25, 0.3) is 0 Å². The number of likely N-dealkylation sites (tertiary alicyclic amines) is 2. The van der Waals surface area contributed by atoms with Crippen LogP contribution in [0.5, 0.6) is 0 Å². The van der Waals surface area contributed by atoms with E-state index in [0.717, 1.165) is 6.54 Å². The zero-order valence-electron chi connectivity index (χ0n) is 15.2. The minimum absolute atomic E-state index is 0.0460. The number of hydrogen-bond acceptors (Lipinski definition) is 7. The molecule has 2 heterocycles. The third kappa shape index (κ3) is 5.31. The van der Waals surface area contributed by atoms with Crippen LogP contribution in [0.25, 0.3) is 0 Å². The summed E-state index contributed by atoms with van der Waals surface area (Å²) in [5, 5.41) is 0.226. The molecule has 0 aromatic carbocycles. The Morgan fingerprint density at radius 2 is 2.12 bits per heavy atom. The molecule has 2 N–H and O–H groups in total. The summed E-state index contributed by atoms with van der Waals surface area (Å²) in [6.07, 6.45) is 2.78. The number of carbonyl (C=O) groups excluding carboxylic acids is 3. The van der Waals surface area contributed by atoms with Crippen molar-refractivity contribution >= 4 is 34.6 Å². The minimum atomic E-state index is -0.672. The van der Waals surface area contributed by atoms with E-state index in [1.165, 1.54) is 17.8 Å². The van der Waals surface area contributed by atoms with Crippen molar-refractivity contribution in [2.45, 2.75) is 37.1 Å². The summed E-state index contributed by atoms with van der Waals surface area (Å²) in [7, 11) is 1.91. The Morgan fingerprint density at radius 3 is 2.77 bits per heavy atom. The lowest BCUT2D eigenvalue weighted by Gasteiger charge is -2.24. The number of thioether (sulfide) groups is 1. The molecule has 9 heteroatoms. The van der Waals surface area contributed by atoms with E-state index in [2.05, 4.69) is 11.6 Å². The van der Waals surface area contributed by atoms with Gasteiger partial charge in [0.1, 0.15) is 6.61 Å². The quantitative estimate of drug-likeness (QED) is 0.309. The van der Waals surface area contributed by atoms with Crippen molar-refractivity contribution in [3.8, 4) is 0 Å². The number of likely N-dealkylation sites (N-methyl/N-ethyl adjacent to an activating group) is 1. The normalized spacial score (nSPS) is 26.8. The first-order chi connectivity index (χ1) is 12.3.